The third-order valence-electron chi connectivity index (χ3n) is 4.21. The minimum absolute atomic E-state index is 0.0467. The molecule has 1 aliphatic heterocycles. The molecule has 142 valence electrons. The number of ether oxygens (including phenoxy) is 2. The lowest BCUT2D eigenvalue weighted by Crippen LogP contribution is -2.38. The first-order valence-corrected chi connectivity index (χ1v) is 9.07. The predicted molar refractivity (Wildman–Crippen MR) is 103 cm³/mol. The lowest BCUT2D eigenvalue weighted by atomic mass is 10.1. The fraction of sp³-hybridized carbons (Fsp3) is 0.333. The Hall–Kier alpha value is -2.86. The van der Waals surface area contributed by atoms with Crippen LogP contribution in [0, 0.1) is 0 Å². The van der Waals surface area contributed by atoms with Crippen molar-refractivity contribution in [3.8, 4) is 5.75 Å². The number of benzene rings is 2. The summed E-state index contributed by atoms with van der Waals surface area (Å²) in [5.41, 5.74) is 2.12. The quantitative estimate of drug-likeness (QED) is 0.701. The molecule has 1 unspecified atom stereocenters. The number of amides is 1. The van der Waals surface area contributed by atoms with Crippen LogP contribution in [0.15, 0.2) is 48.5 Å². The molecular weight excluding hydrogens is 344 g/mol. The molecule has 0 fully saturated rings. The monoisotopic (exact) mass is 368 g/mol. The van der Waals surface area contributed by atoms with Crippen LogP contribution in [0.5, 0.6) is 5.75 Å². The maximum absolute atomic E-state index is 12.4. The van der Waals surface area contributed by atoms with Crippen LogP contribution in [-0.2, 0) is 16.0 Å². The van der Waals surface area contributed by atoms with E-state index in [9.17, 15) is 9.59 Å². The second-order valence-corrected chi connectivity index (χ2v) is 6.77. The van der Waals surface area contributed by atoms with E-state index in [4.69, 9.17) is 9.47 Å². The number of esters is 1. The number of fused-ring (bicyclic) bond motifs is 1. The number of nitrogens with one attached hydrogen (secondary N) is 2. The molecule has 0 aliphatic carbocycles. The van der Waals surface area contributed by atoms with Gasteiger partial charge in [0.25, 0.3) is 0 Å². The third-order valence-corrected chi connectivity index (χ3v) is 4.21. The lowest BCUT2D eigenvalue weighted by Gasteiger charge is -2.21. The summed E-state index contributed by atoms with van der Waals surface area (Å²) in [5.74, 6) is 0.204. The van der Waals surface area contributed by atoms with Gasteiger partial charge in [0.2, 0.25) is 5.91 Å². The number of carbonyl (C=O) groups excluding carboxylic acids is 2. The van der Waals surface area contributed by atoms with Gasteiger partial charge >= 0.3 is 5.97 Å². The Morgan fingerprint density at radius 1 is 1.15 bits per heavy atom. The zero-order valence-corrected chi connectivity index (χ0v) is 15.5. The molecule has 1 aliphatic rings. The van der Waals surface area contributed by atoms with Crippen LogP contribution in [0.2, 0.25) is 0 Å². The largest absolute Gasteiger partial charge is 0.489 e. The van der Waals surface area contributed by atoms with Crippen molar-refractivity contribution < 1.29 is 19.1 Å². The molecule has 2 N–H and O–H groups in total. The Labute approximate surface area is 158 Å². The molecule has 0 aromatic heterocycles. The minimum atomic E-state index is -0.457. The molecule has 0 saturated carbocycles. The Balaban J connectivity index is 1.66. The van der Waals surface area contributed by atoms with E-state index in [1.165, 1.54) is 0 Å². The van der Waals surface area contributed by atoms with Gasteiger partial charge in [-0.2, -0.15) is 0 Å². The van der Waals surface area contributed by atoms with Gasteiger partial charge in [-0.1, -0.05) is 38.1 Å². The first-order chi connectivity index (χ1) is 13.0. The number of anilines is 1. The van der Waals surface area contributed by atoms with Crippen molar-refractivity contribution in [2.24, 2.45) is 0 Å². The van der Waals surface area contributed by atoms with Gasteiger partial charge in [-0.3, -0.25) is 4.79 Å². The average molecular weight is 368 g/mol. The van der Waals surface area contributed by atoms with Gasteiger partial charge in [-0.05, 0) is 24.3 Å². The predicted octanol–water partition coefficient (Wildman–Crippen LogP) is 2.78. The molecule has 2 aromatic rings. The number of rotatable bonds is 8. The van der Waals surface area contributed by atoms with Crippen LogP contribution < -0.4 is 15.4 Å². The van der Waals surface area contributed by atoms with Crippen molar-refractivity contribution in [1.29, 1.82) is 0 Å². The van der Waals surface area contributed by atoms with Gasteiger partial charge in [-0.25, -0.2) is 4.79 Å². The van der Waals surface area contributed by atoms with E-state index >= 15 is 0 Å². The highest BCUT2D eigenvalue weighted by Gasteiger charge is 2.23. The summed E-state index contributed by atoms with van der Waals surface area (Å²) in [6, 6.07) is 14.6. The number of carbonyl (C=O) groups is 2. The van der Waals surface area contributed by atoms with Crippen LogP contribution in [-0.4, -0.2) is 37.2 Å². The van der Waals surface area contributed by atoms with Crippen molar-refractivity contribution in [2.75, 3.05) is 18.5 Å². The zero-order valence-electron chi connectivity index (χ0n) is 15.5. The summed E-state index contributed by atoms with van der Waals surface area (Å²) >= 11 is 0. The molecule has 1 heterocycles. The summed E-state index contributed by atoms with van der Waals surface area (Å²) in [7, 11) is 0. The first kappa shape index (κ1) is 18.9. The highest BCUT2D eigenvalue weighted by Crippen LogP contribution is 2.31. The van der Waals surface area contributed by atoms with Gasteiger partial charge in [0.15, 0.2) is 0 Å². The molecule has 6 nitrogen and oxygen atoms in total. The normalized spacial score (nSPS) is 13.8. The van der Waals surface area contributed by atoms with Gasteiger partial charge in [0.1, 0.15) is 18.5 Å². The summed E-state index contributed by atoms with van der Waals surface area (Å²) in [6.07, 6.45) is -0.162. The molecule has 27 heavy (non-hydrogen) atoms. The molecule has 3 rings (SSSR count). The van der Waals surface area contributed by atoms with E-state index in [0.29, 0.717) is 24.3 Å². The van der Waals surface area contributed by atoms with Gasteiger partial charge in [-0.15, -0.1) is 0 Å². The van der Waals surface area contributed by atoms with E-state index in [2.05, 4.69) is 10.6 Å². The van der Waals surface area contributed by atoms with E-state index in [1.54, 1.807) is 24.3 Å². The van der Waals surface area contributed by atoms with E-state index in [0.717, 1.165) is 11.3 Å². The molecular formula is C21H24N2O4. The number of hydrogen-bond donors (Lipinski definition) is 2. The number of hydrogen-bond acceptors (Lipinski definition) is 5. The van der Waals surface area contributed by atoms with E-state index in [1.807, 2.05) is 38.1 Å². The summed E-state index contributed by atoms with van der Waals surface area (Å²) in [4.78, 5) is 24.0. The molecule has 0 spiro atoms. The van der Waals surface area contributed by atoms with Crippen LogP contribution >= 0.6 is 0 Å². The highest BCUT2D eigenvalue weighted by molar-refractivity contribution is 6.00. The first-order valence-electron chi connectivity index (χ1n) is 9.07. The topological polar surface area (TPSA) is 76.7 Å². The zero-order chi connectivity index (χ0) is 19.2. The smallest absolute Gasteiger partial charge is 0.338 e. The maximum Gasteiger partial charge on any atom is 0.338 e. The Morgan fingerprint density at radius 2 is 1.93 bits per heavy atom. The lowest BCUT2D eigenvalue weighted by molar-refractivity contribution is -0.115. The van der Waals surface area contributed by atoms with E-state index in [-0.39, 0.29) is 24.5 Å². The van der Waals surface area contributed by atoms with Crippen molar-refractivity contribution in [1.82, 2.24) is 5.32 Å². The van der Waals surface area contributed by atoms with E-state index < -0.39 is 6.10 Å². The molecule has 2 aromatic carbocycles. The van der Waals surface area contributed by atoms with Crippen molar-refractivity contribution in [3.63, 3.8) is 0 Å². The van der Waals surface area contributed by atoms with Crippen LogP contribution in [0.25, 0.3) is 0 Å². The average Bonchev–Trinajstić information content (AvgIpc) is 3.05. The molecule has 0 radical (unpaired) electrons. The van der Waals surface area contributed by atoms with Gasteiger partial charge in [0, 0.05) is 23.8 Å². The summed E-state index contributed by atoms with van der Waals surface area (Å²) < 4.78 is 11.6. The summed E-state index contributed by atoms with van der Waals surface area (Å²) in [5, 5.41) is 6.08. The van der Waals surface area contributed by atoms with Crippen LogP contribution in [0.4, 0.5) is 5.69 Å². The fourth-order valence-electron chi connectivity index (χ4n) is 2.83. The van der Waals surface area contributed by atoms with Crippen LogP contribution in [0.3, 0.4) is 0 Å². The third kappa shape index (κ3) is 5.08. The van der Waals surface area contributed by atoms with Crippen LogP contribution in [0.1, 0.15) is 29.8 Å². The Morgan fingerprint density at radius 3 is 2.67 bits per heavy atom. The highest BCUT2D eigenvalue weighted by atomic mass is 16.6. The summed E-state index contributed by atoms with van der Waals surface area (Å²) in [6.45, 7) is 4.72. The van der Waals surface area contributed by atoms with Crippen molar-refractivity contribution in [3.05, 3.63) is 59.7 Å². The van der Waals surface area contributed by atoms with Gasteiger partial charge in [0.05, 0.1) is 12.0 Å². The van der Waals surface area contributed by atoms with Gasteiger partial charge < -0.3 is 20.1 Å². The van der Waals surface area contributed by atoms with Crippen molar-refractivity contribution in [2.45, 2.75) is 32.4 Å². The molecule has 1 atom stereocenters. The second kappa shape index (κ2) is 8.68. The molecule has 6 heteroatoms. The Bertz CT molecular complexity index is 805. The molecule has 1 amide bonds. The SMILES string of the molecule is CC(C)NCC(COc1cccc2c1CC(=O)N2)OC(=O)c1ccccc1. The van der Waals surface area contributed by atoms with Crippen molar-refractivity contribution >= 4 is 17.6 Å². The molecule has 0 saturated heterocycles. The fourth-order valence-corrected chi connectivity index (χ4v) is 2.83. The maximum atomic E-state index is 12.4. The Kier molecular flexibility index (Phi) is 6.08. The minimum Gasteiger partial charge on any atom is -0.489 e. The molecule has 0 bridgehead atoms. The standard InChI is InChI=1S/C21H24N2O4/c1-14(2)22-12-16(27-21(25)15-7-4-3-5-8-15)13-26-19-10-6-9-18-17(19)11-20(24)23-18/h3-10,14,16,22H,11-13H2,1-2H3,(H,23,24). The second-order valence-electron chi connectivity index (χ2n) is 6.77.